The van der Waals surface area contributed by atoms with E-state index < -0.39 is 0 Å². The van der Waals surface area contributed by atoms with Crippen LogP contribution in [-0.4, -0.2) is 5.11 Å². The minimum Gasteiger partial charge on any atom is -0.508 e. The van der Waals surface area contributed by atoms with E-state index in [1.165, 1.54) is 21.9 Å². The molecule has 20 heavy (non-hydrogen) atoms. The maximum Gasteiger partial charge on any atom is 0.115 e. The Balaban J connectivity index is 1.63. The maximum atomic E-state index is 9.25. The number of rotatable bonds is 4. The van der Waals surface area contributed by atoms with Gasteiger partial charge < -0.3 is 5.11 Å². The summed E-state index contributed by atoms with van der Waals surface area (Å²) in [7, 11) is 0. The van der Waals surface area contributed by atoms with E-state index in [-0.39, 0.29) is 0 Å². The molecule has 0 aromatic heterocycles. The lowest BCUT2D eigenvalue weighted by atomic mass is 10.1. The molecule has 100 valence electrons. The van der Waals surface area contributed by atoms with Gasteiger partial charge in [-0.3, -0.25) is 0 Å². The summed E-state index contributed by atoms with van der Waals surface area (Å²) in [6.07, 6.45) is 0. The van der Waals surface area contributed by atoms with Crippen molar-refractivity contribution in [2.24, 2.45) is 0 Å². The molecule has 2 heteroatoms. The Kier molecular flexibility index (Phi) is 3.93. The lowest BCUT2D eigenvalue weighted by Crippen LogP contribution is -1.84. The summed E-state index contributed by atoms with van der Waals surface area (Å²) in [6.45, 7) is 0. The fourth-order valence-corrected chi connectivity index (χ4v) is 3.15. The fourth-order valence-electron chi connectivity index (χ4n) is 2.21. The van der Waals surface area contributed by atoms with Gasteiger partial charge in [0.25, 0.3) is 0 Å². The van der Waals surface area contributed by atoms with Crippen molar-refractivity contribution in [2.75, 3.05) is 0 Å². The second-order valence-electron chi connectivity index (χ2n) is 4.84. The third kappa shape index (κ3) is 3.14. The first-order valence-corrected chi connectivity index (χ1v) is 7.80. The lowest BCUT2D eigenvalue weighted by Gasteiger charge is -2.05. The van der Waals surface area contributed by atoms with Gasteiger partial charge in [0, 0.05) is 11.5 Å². The number of hydrogen-bond acceptors (Lipinski definition) is 2. The zero-order chi connectivity index (χ0) is 13.8. The Morgan fingerprint density at radius 3 is 2.15 bits per heavy atom. The van der Waals surface area contributed by atoms with Gasteiger partial charge in [-0.2, -0.15) is 11.8 Å². The molecule has 1 N–H and O–H groups in total. The number of benzene rings is 3. The van der Waals surface area contributed by atoms with Crippen molar-refractivity contribution < 1.29 is 5.11 Å². The van der Waals surface area contributed by atoms with Crippen molar-refractivity contribution >= 4 is 22.5 Å². The molecular formula is C18H16OS. The highest BCUT2D eigenvalue weighted by Gasteiger charge is 1.98. The largest absolute Gasteiger partial charge is 0.508 e. The van der Waals surface area contributed by atoms with E-state index in [1.54, 1.807) is 12.1 Å². The molecule has 0 aliphatic heterocycles. The molecule has 0 saturated heterocycles. The van der Waals surface area contributed by atoms with Gasteiger partial charge in [-0.25, -0.2) is 0 Å². The van der Waals surface area contributed by atoms with Crippen molar-refractivity contribution in [1.82, 2.24) is 0 Å². The molecule has 0 heterocycles. The first kappa shape index (κ1) is 13.1. The van der Waals surface area contributed by atoms with Crippen LogP contribution in [0.4, 0.5) is 0 Å². The topological polar surface area (TPSA) is 20.2 Å². The van der Waals surface area contributed by atoms with Crippen LogP contribution in [0.3, 0.4) is 0 Å². The van der Waals surface area contributed by atoms with Crippen LogP contribution in [0.2, 0.25) is 0 Å². The zero-order valence-corrected chi connectivity index (χ0v) is 11.9. The first-order chi connectivity index (χ1) is 9.81. The Hall–Kier alpha value is -1.93. The van der Waals surface area contributed by atoms with Crippen LogP contribution in [0.1, 0.15) is 11.1 Å². The second kappa shape index (κ2) is 6.02. The minimum atomic E-state index is 0.327. The number of aromatic hydroxyl groups is 1. The van der Waals surface area contributed by atoms with E-state index >= 15 is 0 Å². The number of hydrogen-bond donors (Lipinski definition) is 1. The van der Waals surface area contributed by atoms with Crippen LogP contribution in [0.15, 0.2) is 66.7 Å². The van der Waals surface area contributed by atoms with Gasteiger partial charge in [0.05, 0.1) is 0 Å². The summed E-state index contributed by atoms with van der Waals surface area (Å²) in [4.78, 5) is 0. The molecule has 0 aliphatic rings. The van der Waals surface area contributed by atoms with Crippen LogP contribution < -0.4 is 0 Å². The molecule has 0 fully saturated rings. The SMILES string of the molecule is Oc1ccc(CSCc2ccc3ccccc3c2)cc1. The molecule has 0 bridgehead atoms. The molecule has 0 unspecified atom stereocenters. The Labute approximate surface area is 123 Å². The second-order valence-corrected chi connectivity index (χ2v) is 5.83. The third-order valence-electron chi connectivity index (χ3n) is 3.29. The number of phenols is 1. The molecule has 0 aliphatic carbocycles. The molecule has 0 saturated carbocycles. The fraction of sp³-hybridized carbons (Fsp3) is 0.111. The minimum absolute atomic E-state index is 0.327. The van der Waals surface area contributed by atoms with E-state index in [4.69, 9.17) is 0 Å². The Morgan fingerprint density at radius 1 is 0.700 bits per heavy atom. The van der Waals surface area contributed by atoms with Gasteiger partial charge >= 0.3 is 0 Å². The van der Waals surface area contributed by atoms with E-state index in [0.717, 1.165) is 11.5 Å². The van der Waals surface area contributed by atoms with E-state index in [1.807, 2.05) is 23.9 Å². The zero-order valence-electron chi connectivity index (χ0n) is 11.1. The molecular weight excluding hydrogens is 264 g/mol. The highest BCUT2D eigenvalue weighted by atomic mass is 32.2. The molecule has 0 amide bonds. The molecule has 0 spiro atoms. The summed E-state index contributed by atoms with van der Waals surface area (Å²) in [5.74, 6) is 2.30. The van der Waals surface area contributed by atoms with Gasteiger partial charge in [0.1, 0.15) is 5.75 Å². The van der Waals surface area contributed by atoms with Gasteiger partial charge in [0.15, 0.2) is 0 Å². The van der Waals surface area contributed by atoms with Crippen molar-refractivity contribution in [1.29, 1.82) is 0 Å². The van der Waals surface area contributed by atoms with E-state index in [2.05, 4.69) is 42.5 Å². The van der Waals surface area contributed by atoms with Gasteiger partial charge in [-0.05, 0) is 34.0 Å². The number of phenolic OH excluding ortho intramolecular Hbond substituents is 1. The summed E-state index contributed by atoms with van der Waals surface area (Å²) in [6, 6.07) is 22.5. The monoisotopic (exact) mass is 280 g/mol. The molecule has 3 aromatic carbocycles. The van der Waals surface area contributed by atoms with Crippen molar-refractivity contribution in [3.63, 3.8) is 0 Å². The van der Waals surface area contributed by atoms with E-state index in [0.29, 0.717) is 5.75 Å². The molecule has 1 nitrogen and oxygen atoms in total. The van der Waals surface area contributed by atoms with E-state index in [9.17, 15) is 5.11 Å². The lowest BCUT2D eigenvalue weighted by molar-refractivity contribution is 0.475. The third-order valence-corrected chi connectivity index (χ3v) is 4.36. The van der Waals surface area contributed by atoms with Gasteiger partial charge in [-0.15, -0.1) is 0 Å². The summed E-state index contributed by atoms with van der Waals surface area (Å²) in [5.41, 5.74) is 2.60. The summed E-state index contributed by atoms with van der Waals surface area (Å²) in [5, 5.41) is 11.8. The molecule has 0 radical (unpaired) electrons. The predicted octanol–water partition coefficient (Wildman–Crippen LogP) is 4.98. The maximum absolute atomic E-state index is 9.25. The van der Waals surface area contributed by atoms with Crippen LogP contribution >= 0.6 is 11.8 Å². The van der Waals surface area contributed by atoms with Crippen molar-refractivity contribution in [3.8, 4) is 5.75 Å². The van der Waals surface area contributed by atoms with Crippen LogP contribution in [-0.2, 0) is 11.5 Å². The average Bonchev–Trinajstić information content (AvgIpc) is 2.49. The number of fused-ring (bicyclic) bond motifs is 1. The predicted molar refractivity (Wildman–Crippen MR) is 87.1 cm³/mol. The van der Waals surface area contributed by atoms with Crippen molar-refractivity contribution in [2.45, 2.75) is 11.5 Å². The van der Waals surface area contributed by atoms with Gasteiger partial charge in [0.2, 0.25) is 0 Å². The highest BCUT2D eigenvalue weighted by Crippen LogP contribution is 2.22. The average molecular weight is 280 g/mol. The van der Waals surface area contributed by atoms with Crippen LogP contribution in [0, 0.1) is 0 Å². The normalized spacial score (nSPS) is 10.8. The van der Waals surface area contributed by atoms with Crippen molar-refractivity contribution in [3.05, 3.63) is 77.9 Å². The summed E-state index contributed by atoms with van der Waals surface area (Å²) < 4.78 is 0. The smallest absolute Gasteiger partial charge is 0.115 e. The highest BCUT2D eigenvalue weighted by molar-refractivity contribution is 7.97. The number of thioether (sulfide) groups is 1. The summed E-state index contributed by atoms with van der Waals surface area (Å²) >= 11 is 1.89. The molecule has 3 rings (SSSR count). The molecule has 3 aromatic rings. The van der Waals surface area contributed by atoms with Gasteiger partial charge in [-0.1, -0.05) is 54.6 Å². The van der Waals surface area contributed by atoms with Crippen LogP contribution in [0.25, 0.3) is 10.8 Å². The molecule has 0 atom stereocenters. The quantitative estimate of drug-likeness (QED) is 0.727. The standard InChI is InChI=1S/C18H16OS/c19-18-9-6-14(7-10-18)12-20-13-15-5-8-16-3-1-2-4-17(16)11-15/h1-11,19H,12-13H2. The first-order valence-electron chi connectivity index (χ1n) is 6.64. The Morgan fingerprint density at radius 2 is 1.35 bits per heavy atom. The van der Waals surface area contributed by atoms with Crippen LogP contribution in [0.5, 0.6) is 5.75 Å². The Bertz CT molecular complexity index is 704.